The Hall–Kier alpha value is -1.50. The number of rotatable bonds is 6. The van der Waals surface area contributed by atoms with Crippen molar-refractivity contribution in [2.45, 2.75) is 39.3 Å². The highest BCUT2D eigenvalue weighted by molar-refractivity contribution is 7.19. The molecule has 0 spiro atoms. The summed E-state index contributed by atoms with van der Waals surface area (Å²) in [6.07, 6.45) is 3.68. The van der Waals surface area contributed by atoms with Gasteiger partial charge in [-0.2, -0.15) is 5.10 Å². The van der Waals surface area contributed by atoms with Gasteiger partial charge in [0, 0.05) is 22.3 Å². The van der Waals surface area contributed by atoms with E-state index in [1.165, 1.54) is 20.0 Å². The third-order valence-corrected chi connectivity index (χ3v) is 5.70. The molecule has 4 nitrogen and oxygen atoms in total. The first-order valence-electron chi connectivity index (χ1n) is 7.46. The zero-order valence-electron chi connectivity index (χ0n) is 12.8. The van der Waals surface area contributed by atoms with Crippen LogP contribution in [0.2, 0.25) is 0 Å². The lowest BCUT2D eigenvalue weighted by Gasteiger charge is -2.05. The summed E-state index contributed by atoms with van der Waals surface area (Å²) in [4.78, 5) is 2.65. The molecule has 0 unspecified atom stereocenters. The average Bonchev–Trinajstić information content (AvgIpc) is 3.11. The van der Waals surface area contributed by atoms with Crippen LogP contribution in [-0.4, -0.2) is 16.2 Å². The summed E-state index contributed by atoms with van der Waals surface area (Å²) in [5, 5.41) is 14.1. The van der Waals surface area contributed by atoms with Crippen LogP contribution in [0, 0.1) is 0 Å². The second-order valence-electron chi connectivity index (χ2n) is 5.41. The summed E-state index contributed by atoms with van der Waals surface area (Å²) < 4.78 is 1.19. The van der Waals surface area contributed by atoms with Crippen LogP contribution in [-0.2, 0) is 19.4 Å². The van der Waals surface area contributed by atoms with Crippen molar-refractivity contribution in [3.05, 3.63) is 39.0 Å². The lowest BCUT2D eigenvalue weighted by Crippen LogP contribution is -2.17. The molecule has 3 aromatic rings. The predicted octanol–water partition coefficient (Wildman–Crippen LogP) is 3.82. The van der Waals surface area contributed by atoms with Gasteiger partial charge in [0.15, 0.2) is 0 Å². The molecule has 0 saturated carbocycles. The summed E-state index contributed by atoms with van der Waals surface area (Å²) >= 11 is 3.56. The summed E-state index contributed by atoms with van der Waals surface area (Å²) in [6, 6.07) is 4.37. The Morgan fingerprint density at radius 1 is 1.41 bits per heavy atom. The number of aromatic nitrogens is 2. The van der Waals surface area contributed by atoms with E-state index in [2.05, 4.69) is 40.0 Å². The Morgan fingerprint density at radius 2 is 2.27 bits per heavy atom. The number of aryl methyl sites for hydroxylation is 1. The molecule has 22 heavy (non-hydrogen) atoms. The second-order valence-corrected chi connectivity index (χ2v) is 7.55. The molecule has 3 heterocycles. The summed E-state index contributed by atoms with van der Waals surface area (Å²) in [6.45, 7) is 5.03. The molecule has 0 bridgehead atoms. The van der Waals surface area contributed by atoms with Crippen LogP contribution < -0.4 is 11.1 Å². The van der Waals surface area contributed by atoms with Crippen LogP contribution in [0.5, 0.6) is 0 Å². The van der Waals surface area contributed by atoms with Gasteiger partial charge in [-0.05, 0) is 36.8 Å². The zero-order valence-corrected chi connectivity index (χ0v) is 14.4. The maximum Gasteiger partial charge on any atom is 0.109 e. The molecule has 0 radical (unpaired) electrons. The van der Waals surface area contributed by atoms with E-state index in [0.29, 0.717) is 0 Å². The van der Waals surface area contributed by atoms with Gasteiger partial charge in [-0.25, -0.2) is 0 Å². The Bertz CT molecular complexity index is 747. The Balaban J connectivity index is 1.95. The van der Waals surface area contributed by atoms with Gasteiger partial charge in [-0.1, -0.05) is 13.0 Å². The molecule has 6 heteroatoms. The molecule has 3 rings (SSSR count). The van der Waals surface area contributed by atoms with Gasteiger partial charge in [0.1, 0.15) is 5.52 Å². The van der Waals surface area contributed by atoms with Gasteiger partial charge in [-0.15, -0.1) is 27.8 Å². The van der Waals surface area contributed by atoms with Crippen LogP contribution >= 0.6 is 22.7 Å². The third-order valence-electron chi connectivity index (χ3n) is 3.55. The van der Waals surface area contributed by atoms with Crippen LogP contribution in [0.1, 0.15) is 29.2 Å². The summed E-state index contributed by atoms with van der Waals surface area (Å²) in [7, 11) is 0. The number of anilines is 1. The predicted molar refractivity (Wildman–Crippen MR) is 95.8 cm³/mol. The Kier molecular flexibility index (Phi) is 4.71. The Morgan fingerprint density at radius 3 is 2.95 bits per heavy atom. The highest BCUT2D eigenvalue weighted by Crippen LogP contribution is 2.35. The SMILES string of the molecule is CCc1c(C[C@H](C)N)sc2c(NCc3cccs3)cnnc12. The molecular weight excluding hydrogens is 312 g/mol. The topological polar surface area (TPSA) is 63.8 Å². The normalized spacial score (nSPS) is 12.7. The van der Waals surface area contributed by atoms with E-state index in [1.54, 1.807) is 22.7 Å². The number of fused-ring (bicyclic) bond motifs is 1. The molecule has 0 saturated heterocycles. The fraction of sp³-hybridized carbons (Fsp3) is 0.375. The number of nitrogens with one attached hydrogen (secondary N) is 1. The van der Waals surface area contributed by atoms with E-state index in [0.717, 1.165) is 30.6 Å². The highest BCUT2D eigenvalue weighted by Gasteiger charge is 2.16. The molecule has 0 amide bonds. The minimum atomic E-state index is 0.161. The van der Waals surface area contributed by atoms with Crippen LogP contribution in [0.15, 0.2) is 23.7 Å². The van der Waals surface area contributed by atoms with E-state index < -0.39 is 0 Å². The fourth-order valence-corrected chi connectivity index (χ4v) is 4.63. The highest BCUT2D eigenvalue weighted by atomic mass is 32.1. The van der Waals surface area contributed by atoms with Crippen LogP contribution in [0.4, 0.5) is 5.69 Å². The van der Waals surface area contributed by atoms with E-state index in [4.69, 9.17) is 5.73 Å². The van der Waals surface area contributed by atoms with Crippen LogP contribution in [0.3, 0.4) is 0 Å². The van der Waals surface area contributed by atoms with Crippen molar-refractivity contribution in [2.24, 2.45) is 5.73 Å². The van der Waals surface area contributed by atoms with Gasteiger partial charge in [-0.3, -0.25) is 0 Å². The lowest BCUT2D eigenvalue weighted by atomic mass is 10.1. The Labute approximate surface area is 138 Å². The molecule has 0 aromatic carbocycles. The smallest absolute Gasteiger partial charge is 0.109 e. The molecule has 3 aromatic heterocycles. The first kappa shape index (κ1) is 15.4. The van der Waals surface area contributed by atoms with Crippen molar-refractivity contribution >= 4 is 38.6 Å². The van der Waals surface area contributed by atoms with Gasteiger partial charge in [0.05, 0.1) is 16.6 Å². The van der Waals surface area contributed by atoms with E-state index in [9.17, 15) is 0 Å². The third kappa shape index (κ3) is 3.14. The van der Waals surface area contributed by atoms with Gasteiger partial charge in [0.25, 0.3) is 0 Å². The number of hydrogen-bond acceptors (Lipinski definition) is 6. The number of hydrogen-bond donors (Lipinski definition) is 2. The number of thiophene rings is 2. The molecule has 0 fully saturated rings. The molecule has 0 aliphatic rings. The fourth-order valence-electron chi connectivity index (χ4n) is 2.54. The number of nitrogens with two attached hydrogens (primary N) is 1. The maximum absolute atomic E-state index is 5.99. The lowest BCUT2D eigenvalue weighted by molar-refractivity contribution is 0.742. The van der Waals surface area contributed by atoms with Crippen molar-refractivity contribution in [3.63, 3.8) is 0 Å². The van der Waals surface area contributed by atoms with E-state index >= 15 is 0 Å². The molecular formula is C16H20N4S2. The maximum atomic E-state index is 5.99. The van der Waals surface area contributed by atoms with E-state index in [1.807, 2.05) is 13.1 Å². The van der Waals surface area contributed by atoms with Crippen molar-refractivity contribution < 1.29 is 0 Å². The quantitative estimate of drug-likeness (QED) is 0.720. The van der Waals surface area contributed by atoms with Gasteiger partial charge in [0.2, 0.25) is 0 Å². The molecule has 0 aliphatic heterocycles. The minimum absolute atomic E-state index is 0.161. The average molecular weight is 332 g/mol. The summed E-state index contributed by atoms with van der Waals surface area (Å²) in [5.74, 6) is 0. The van der Waals surface area contributed by atoms with E-state index in [-0.39, 0.29) is 6.04 Å². The number of nitrogens with zero attached hydrogens (tertiary/aromatic N) is 2. The van der Waals surface area contributed by atoms with Gasteiger partial charge >= 0.3 is 0 Å². The molecule has 116 valence electrons. The van der Waals surface area contributed by atoms with Crippen LogP contribution in [0.25, 0.3) is 10.2 Å². The standard InChI is InChI=1S/C16H20N4S2/c1-3-12-14(7-10(2)17)22-16-13(9-19-20-15(12)16)18-8-11-5-4-6-21-11/h4-6,9-10H,3,7-8,17H2,1-2H3,(H,18,20)/t10-/m0/s1. The van der Waals surface area contributed by atoms with Crippen molar-refractivity contribution in [3.8, 4) is 0 Å². The zero-order chi connectivity index (χ0) is 15.5. The molecule has 1 atom stereocenters. The molecule has 0 aliphatic carbocycles. The molecule has 3 N–H and O–H groups in total. The first-order valence-corrected chi connectivity index (χ1v) is 9.16. The second kappa shape index (κ2) is 6.73. The summed E-state index contributed by atoms with van der Waals surface area (Å²) in [5.41, 5.74) is 9.37. The first-order chi connectivity index (χ1) is 10.7. The minimum Gasteiger partial charge on any atom is -0.378 e. The monoisotopic (exact) mass is 332 g/mol. The van der Waals surface area contributed by atoms with Crippen molar-refractivity contribution in [1.29, 1.82) is 0 Å². The van der Waals surface area contributed by atoms with Crippen molar-refractivity contribution in [2.75, 3.05) is 5.32 Å². The van der Waals surface area contributed by atoms with Gasteiger partial charge < -0.3 is 11.1 Å². The largest absolute Gasteiger partial charge is 0.378 e. The van der Waals surface area contributed by atoms with Crippen molar-refractivity contribution in [1.82, 2.24) is 10.2 Å².